The van der Waals surface area contributed by atoms with Crippen LogP contribution >= 0.6 is 0 Å². The number of pyridine rings is 1. The molecule has 0 spiro atoms. The molecule has 0 fully saturated rings. The van der Waals surface area contributed by atoms with Gasteiger partial charge in [-0.15, -0.1) is 0 Å². The van der Waals surface area contributed by atoms with Crippen LogP contribution in [0.5, 0.6) is 0 Å². The van der Waals surface area contributed by atoms with Gasteiger partial charge in [0.2, 0.25) is 0 Å². The normalized spacial score (nSPS) is 10.8. The molecule has 2 aromatic rings. The number of carbonyl (C=O) groups excluding carboxylic acids is 2. The summed E-state index contributed by atoms with van der Waals surface area (Å²) in [4.78, 5) is 25.4. The van der Waals surface area contributed by atoms with Crippen LogP contribution in [0.4, 0.5) is 5.82 Å². The molecular weight excluding hydrogens is 338 g/mol. The van der Waals surface area contributed by atoms with Crippen molar-refractivity contribution in [3.8, 4) is 0 Å². The van der Waals surface area contributed by atoms with E-state index in [1.54, 1.807) is 18.2 Å². The van der Waals surface area contributed by atoms with Crippen LogP contribution in [0.3, 0.4) is 0 Å². The summed E-state index contributed by atoms with van der Waals surface area (Å²) in [5.41, 5.74) is 2.80. The summed E-state index contributed by atoms with van der Waals surface area (Å²) in [6.07, 6.45) is -0.731. The van der Waals surface area contributed by atoms with Crippen molar-refractivity contribution in [3.63, 3.8) is 0 Å². The van der Waals surface area contributed by atoms with E-state index in [9.17, 15) is 19.8 Å². The second-order valence-electron chi connectivity index (χ2n) is 4.22. The van der Waals surface area contributed by atoms with Gasteiger partial charge in [0.05, 0.1) is 17.2 Å². The molecule has 0 unspecified atom stereocenters. The third kappa shape index (κ3) is 4.83. The van der Waals surface area contributed by atoms with E-state index in [1.807, 2.05) is 18.2 Å². The molecule has 0 atom stereocenters. The summed E-state index contributed by atoms with van der Waals surface area (Å²) < 4.78 is 0. The minimum absolute atomic E-state index is 0. The number of aromatic nitrogens is 1. The monoisotopic (exact) mass is 348 g/mol. The standard InChI is InChI=1S/C14H13N3O4.Cu/c18-13(19)8-6-11(14(20)21)16-17-12-7-5-9-3-1-2-4-10(9)15-12;/h1-5,7H,6,8H2,(H,15,17)(H,18,19)(H,20,21);/q;+2/p-2/b16-11-;. The van der Waals surface area contributed by atoms with Gasteiger partial charge >= 0.3 is 17.1 Å². The van der Waals surface area contributed by atoms with Gasteiger partial charge in [-0.25, -0.2) is 4.98 Å². The number of rotatable bonds is 6. The van der Waals surface area contributed by atoms with Crippen LogP contribution in [0.1, 0.15) is 12.8 Å². The Morgan fingerprint density at radius 2 is 1.82 bits per heavy atom. The van der Waals surface area contributed by atoms with Gasteiger partial charge in [0.25, 0.3) is 0 Å². The van der Waals surface area contributed by atoms with Crippen molar-refractivity contribution in [2.45, 2.75) is 12.8 Å². The molecule has 0 saturated carbocycles. The maximum Gasteiger partial charge on any atom is 2.00 e. The average molecular weight is 349 g/mol. The number of hydrogen-bond donors (Lipinski definition) is 1. The van der Waals surface area contributed by atoms with Crippen molar-refractivity contribution in [1.29, 1.82) is 0 Å². The van der Waals surface area contributed by atoms with Crippen molar-refractivity contribution < 1.29 is 36.9 Å². The van der Waals surface area contributed by atoms with Crippen LogP contribution in [0.2, 0.25) is 0 Å². The minimum atomic E-state index is -1.54. The Morgan fingerprint density at radius 1 is 1.09 bits per heavy atom. The average Bonchev–Trinajstić information content (AvgIpc) is 2.46. The smallest absolute Gasteiger partial charge is 0.550 e. The maximum atomic E-state index is 10.8. The van der Waals surface area contributed by atoms with Crippen LogP contribution < -0.4 is 15.6 Å². The molecule has 7 nitrogen and oxygen atoms in total. The molecule has 8 heteroatoms. The van der Waals surface area contributed by atoms with Crippen molar-refractivity contribution >= 4 is 34.4 Å². The van der Waals surface area contributed by atoms with Crippen molar-refractivity contribution in [2.24, 2.45) is 5.10 Å². The van der Waals surface area contributed by atoms with E-state index in [0.29, 0.717) is 5.82 Å². The largest absolute Gasteiger partial charge is 2.00 e. The summed E-state index contributed by atoms with van der Waals surface area (Å²) >= 11 is 0. The fourth-order valence-corrected chi connectivity index (χ4v) is 1.68. The predicted molar refractivity (Wildman–Crippen MR) is 72.0 cm³/mol. The van der Waals surface area contributed by atoms with E-state index in [4.69, 9.17) is 0 Å². The van der Waals surface area contributed by atoms with Gasteiger partial charge < -0.3 is 19.8 Å². The summed E-state index contributed by atoms with van der Waals surface area (Å²) in [7, 11) is 0. The quantitative estimate of drug-likeness (QED) is 0.418. The second-order valence-corrected chi connectivity index (χ2v) is 4.22. The number of benzene rings is 1. The Hall–Kier alpha value is -2.44. The first-order valence-corrected chi connectivity index (χ1v) is 6.16. The van der Waals surface area contributed by atoms with E-state index in [1.165, 1.54) is 0 Å². The van der Waals surface area contributed by atoms with Crippen LogP contribution in [0.15, 0.2) is 41.5 Å². The molecule has 1 aromatic carbocycles. The topological polar surface area (TPSA) is 118 Å². The number of hydrogen-bond acceptors (Lipinski definition) is 7. The molecule has 0 aliphatic rings. The fraction of sp³-hybridized carbons (Fsp3) is 0.143. The fourth-order valence-electron chi connectivity index (χ4n) is 1.68. The molecule has 0 amide bonds. The summed E-state index contributed by atoms with van der Waals surface area (Å²) in [5.74, 6) is -2.54. The van der Waals surface area contributed by atoms with Crippen LogP contribution in [0.25, 0.3) is 10.9 Å². The number of carboxylic acids is 2. The van der Waals surface area contributed by atoms with Gasteiger partial charge in [-0.05, 0) is 31.0 Å². The zero-order valence-corrected chi connectivity index (χ0v) is 12.1. The molecule has 0 aliphatic carbocycles. The summed E-state index contributed by atoms with van der Waals surface area (Å²) in [5, 5.41) is 25.7. The van der Waals surface area contributed by atoms with Gasteiger partial charge in [-0.1, -0.05) is 18.2 Å². The Bertz CT molecular complexity index is 718. The number of para-hydroxylation sites is 1. The van der Waals surface area contributed by atoms with Gasteiger partial charge in [0, 0.05) is 11.4 Å². The van der Waals surface area contributed by atoms with Gasteiger partial charge in [0.1, 0.15) is 5.82 Å². The molecule has 0 bridgehead atoms. The van der Waals surface area contributed by atoms with Crippen LogP contribution in [-0.4, -0.2) is 22.6 Å². The molecule has 1 N–H and O–H groups in total. The number of carboxylic acid groups (broad SMARTS) is 2. The van der Waals surface area contributed by atoms with E-state index in [2.05, 4.69) is 15.5 Å². The minimum Gasteiger partial charge on any atom is -0.550 e. The summed E-state index contributed by atoms with van der Waals surface area (Å²) in [6, 6.07) is 10.8. The first-order valence-electron chi connectivity index (χ1n) is 6.16. The number of nitrogens with one attached hydrogen (secondary N) is 1. The second kappa shape index (κ2) is 8.11. The molecule has 0 aliphatic heterocycles. The predicted octanol–water partition coefficient (Wildman–Crippen LogP) is -0.720. The van der Waals surface area contributed by atoms with E-state index >= 15 is 0 Å². The number of nitrogens with zero attached hydrogens (tertiary/aromatic N) is 2. The zero-order valence-electron chi connectivity index (χ0n) is 11.2. The van der Waals surface area contributed by atoms with Crippen LogP contribution in [0, 0.1) is 0 Å². The first kappa shape index (κ1) is 17.6. The molecule has 0 saturated heterocycles. The van der Waals surface area contributed by atoms with E-state index in [-0.39, 0.29) is 23.5 Å². The number of hydrazone groups is 1. The van der Waals surface area contributed by atoms with E-state index < -0.39 is 24.1 Å². The SMILES string of the molecule is O=C([O-])CC/C(=N/Nc1ccc2ccccc2n1)C(=O)[O-].[Cu+2]. The van der Waals surface area contributed by atoms with Crippen molar-refractivity contribution in [2.75, 3.05) is 5.43 Å². The maximum absolute atomic E-state index is 10.8. The Morgan fingerprint density at radius 3 is 2.50 bits per heavy atom. The van der Waals surface area contributed by atoms with Gasteiger partial charge in [-0.3, -0.25) is 5.43 Å². The number of carbonyl (C=O) groups is 2. The number of fused-ring (bicyclic) bond motifs is 1. The number of anilines is 1. The first-order chi connectivity index (χ1) is 10.1. The third-order valence-corrected chi connectivity index (χ3v) is 2.71. The van der Waals surface area contributed by atoms with Crippen molar-refractivity contribution in [1.82, 2.24) is 4.98 Å². The molecule has 1 aromatic heterocycles. The van der Waals surface area contributed by atoms with Crippen molar-refractivity contribution in [3.05, 3.63) is 36.4 Å². The van der Waals surface area contributed by atoms with E-state index in [0.717, 1.165) is 10.9 Å². The molecule has 1 heterocycles. The molecule has 117 valence electrons. The molecule has 2 rings (SSSR count). The molecular formula is C14H11CuN3O4. The molecule has 1 radical (unpaired) electrons. The third-order valence-electron chi connectivity index (χ3n) is 2.71. The Balaban J connectivity index is 0.00000242. The summed E-state index contributed by atoms with van der Waals surface area (Å²) in [6.45, 7) is 0. The van der Waals surface area contributed by atoms with Crippen LogP contribution in [-0.2, 0) is 26.7 Å². The number of aliphatic carboxylic acids is 2. The zero-order chi connectivity index (χ0) is 15.2. The Kier molecular flexibility index (Phi) is 6.49. The van der Waals surface area contributed by atoms with Gasteiger partial charge in [0.15, 0.2) is 0 Å². The molecule has 22 heavy (non-hydrogen) atoms. The van der Waals surface area contributed by atoms with Gasteiger partial charge in [-0.2, -0.15) is 5.10 Å². The Labute approximate surface area is 136 Å².